The first kappa shape index (κ1) is 13.5. The molecule has 0 unspecified atom stereocenters. The molecule has 0 spiro atoms. The highest BCUT2D eigenvalue weighted by Gasteiger charge is 2.35. The zero-order valence-corrected chi connectivity index (χ0v) is 11.4. The quantitative estimate of drug-likeness (QED) is 0.869. The van der Waals surface area contributed by atoms with Crippen molar-refractivity contribution in [2.45, 2.75) is 51.1 Å². The van der Waals surface area contributed by atoms with Crippen molar-refractivity contribution < 1.29 is 0 Å². The first-order valence-corrected chi connectivity index (χ1v) is 7.15. The van der Waals surface area contributed by atoms with E-state index >= 15 is 0 Å². The molecule has 0 atom stereocenters. The summed E-state index contributed by atoms with van der Waals surface area (Å²) >= 11 is 0. The molecule has 1 aliphatic carbocycles. The van der Waals surface area contributed by atoms with Gasteiger partial charge in [0.2, 0.25) is 0 Å². The van der Waals surface area contributed by atoms with E-state index in [1.807, 2.05) is 18.5 Å². The SMILES string of the molecule is CCN(Cc1cccnc1)C1(CN)CCCCC1. The second kappa shape index (κ2) is 6.30. The van der Waals surface area contributed by atoms with Gasteiger partial charge in [-0.1, -0.05) is 32.3 Å². The third kappa shape index (κ3) is 2.90. The van der Waals surface area contributed by atoms with E-state index in [9.17, 15) is 0 Å². The average Bonchev–Trinajstić information content (AvgIpc) is 2.46. The van der Waals surface area contributed by atoms with E-state index < -0.39 is 0 Å². The topological polar surface area (TPSA) is 42.2 Å². The molecule has 2 N–H and O–H groups in total. The lowest BCUT2D eigenvalue weighted by Gasteiger charge is -2.45. The van der Waals surface area contributed by atoms with Crippen LogP contribution in [0.4, 0.5) is 0 Å². The van der Waals surface area contributed by atoms with Crippen molar-refractivity contribution in [1.29, 1.82) is 0 Å². The Morgan fingerprint density at radius 1 is 1.33 bits per heavy atom. The monoisotopic (exact) mass is 247 g/mol. The summed E-state index contributed by atoms with van der Waals surface area (Å²) in [6, 6.07) is 4.17. The smallest absolute Gasteiger partial charge is 0.0335 e. The van der Waals surface area contributed by atoms with Gasteiger partial charge in [-0.15, -0.1) is 0 Å². The molecule has 0 radical (unpaired) electrons. The van der Waals surface area contributed by atoms with Gasteiger partial charge in [0.15, 0.2) is 0 Å². The lowest BCUT2D eigenvalue weighted by molar-refractivity contribution is 0.0546. The lowest BCUT2D eigenvalue weighted by atomic mass is 9.80. The maximum absolute atomic E-state index is 6.11. The molecule has 18 heavy (non-hydrogen) atoms. The van der Waals surface area contributed by atoms with Crippen molar-refractivity contribution >= 4 is 0 Å². The summed E-state index contributed by atoms with van der Waals surface area (Å²) < 4.78 is 0. The number of hydrogen-bond acceptors (Lipinski definition) is 3. The predicted molar refractivity (Wildman–Crippen MR) is 75.2 cm³/mol. The molecule has 0 aliphatic heterocycles. The lowest BCUT2D eigenvalue weighted by Crippen LogP contribution is -2.54. The minimum atomic E-state index is 0.225. The Kier molecular flexibility index (Phi) is 4.72. The van der Waals surface area contributed by atoms with Crippen LogP contribution in [0.1, 0.15) is 44.6 Å². The van der Waals surface area contributed by atoms with Gasteiger partial charge in [0.25, 0.3) is 0 Å². The normalized spacial score (nSPS) is 19.1. The van der Waals surface area contributed by atoms with Gasteiger partial charge in [-0.05, 0) is 31.0 Å². The molecule has 1 heterocycles. The summed E-state index contributed by atoms with van der Waals surface area (Å²) in [4.78, 5) is 6.77. The molecule has 1 aromatic rings. The van der Waals surface area contributed by atoms with Gasteiger partial charge >= 0.3 is 0 Å². The van der Waals surface area contributed by atoms with Crippen LogP contribution in [-0.2, 0) is 6.54 Å². The summed E-state index contributed by atoms with van der Waals surface area (Å²) in [7, 11) is 0. The molecule has 3 nitrogen and oxygen atoms in total. The van der Waals surface area contributed by atoms with Crippen molar-refractivity contribution in [3.8, 4) is 0 Å². The molecule has 1 aromatic heterocycles. The van der Waals surface area contributed by atoms with E-state index in [1.165, 1.54) is 37.7 Å². The van der Waals surface area contributed by atoms with Crippen LogP contribution in [0.2, 0.25) is 0 Å². The Hall–Kier alpha value is -0.930. The van der Waals surface area contributed by atoms with Crippen LogP contribution in [-0.4, -0.2) is 28.5 Å². The van der Waals surface area contributed by atoms with E-state index in [1.54, 1.807) is 0 Å². The number of pyridine rings is 1. The molecule has 1 aliphatic rings. The molecule has 0 amide bonds. The van der Waals surface area contributed by atoms with Crippen molar-refractivity contribution in [3.63, 3.8) is 0 Å². The molecule has 1 saturated carbocycles. The van der Waals surface area contributed by atoms with Crippen molar-refractivity contribution in [3.05, 3.63) is 30.1 Å². The number of rotatable bonds is 5. The second-order valence-electron chi connectivity index (χ2n) is 5.36. The van der Waals surface area contributed by atoms with Crippen LogP contribution in [0, 0.1) is 0 Å². The summed E-state index contributed by atoms with van der Waals surface area (Å²) in [5.41, 5.74) is 7.63. The average molecular weight is 247 g/mol. The Labute approximate surface area is 110 Å². The maximum atomic E-state index is 6.11. The number of hydrogen-bond donors (Lipinski definition) is 1. The van der Waals surface area contributed by atoms with Crippen LogP contribution >= 0.6 is 0 Å². The van der Waals surface area contributed by atoms with Crippen molar-refractivity contribution in [1.82, 2.24) is 9.88 Å². The Balaban J connectivity index is 2.11. The highest BCUT2D eigenvalue weighted by Crippen LogP contribution is 2.33. The van der Waals surface area contributed by atoms with Crippen LogP contribution in [0.3, 0.4) is 0 Å². The largest absolute Gasteiger partial charge is 0.329 e. The van der Waals surface area contributed by atoms with Gasteiger partial charge in [0, 0.05) is 31.0 Å². The second-order valence-corrected chi connectivity index (χ2v) is 5.36. The van der Waals surface area contributed by atoms with E-state index in [4.69, 9.17) is 5.73 Å². The number of aromatic nitrogens is 1. The standard InChI is InChI=1S/C15H25N3/c1-2-18(12-14-7-6-10-17-11-14)15(13-16)8-4-3-5-9-15/h6-7,10-11H,2-5,8-9,12-13,16H2,1H3. The van der Waals surface area contributed by atoms with Gasteiger partial charge in [0.1, 0.15) is 0 Å². The molecule has 0 bridgehead atoms. The fourth-order valence-corrected chi connectivity index (χ4v) is 3.19. The Morgan fingerprint density at radius 2 is 2.11 bits per heavy atom. The van der Waals surface area contributed by atoms with Crippen LogP contribution in [0.5, 0.6) is 0 Å². The first-order chi connectivity index (χ1) is 8.80. The zero-order valence-electron chi connectivity index (χ0n) is 11.4. The molecule has 100 valence electrons. The zero-order chi connectivity index (χ0) is 12.8. The fourth-order valence-electron chi connectivity index (χ4n) is 3.19. The van der Waals surface area contributed by atoms with Gasteiger partial charge in [-0.25, -0.2) is 0 Å². The summed E-state index contributed by atoms with van der Waals surface area (Å²) in [6.45, 7) is 5.05. The van der Waals surface area contributed by atoms with Crippen LogP contribution in [0.15, 0.2) is 24.5 Å². The highest BCUT2D eigenvalue weighted by atomic mass is 15.2. The minimum absolute atomic E-state index is 0.225. The van der Waals surface area contributed by atoms with E-state index in [0.717, 1.165) is 19.6 Å². The third-order valence-electron chi connectivity index (χ3n) is 4.31. The molecular weight excluding hydrogens is 222 g/mol. The molecule has 0 aromatic carbocycles. The van der Waals surface area contributed by atoms with Crippen LogP contribution < -0.4 is 5.73 Å². The van der Waals surface area contributed by atoms with E-state index in [2.05, 4.69) is 22.9 Å². The Morgan fingerprint density at radius 3 is 2.67 bits per heavy atom. The fraction of sp³-hybridized carbons (Fsp3) is 0.667. The maximum Gasteiger partial charge on any atom is 0.0335 e. The molecule has 0 saturated heterocycles. The number of likely N-dealkylation sites (N-methyl/N-ethyl adjacent to an activating group) is 1. The van der Waals surface area contributed by atoms with E-state index in [-0.39, 0.29) is 5.54 Å². The Bertz CT molecular complexity index is 344. The molecule has 1 fully saturated rings. The van der Waals surface area contributed by atoms with Crippen molar-refractivity contribution in [2.24, 2.45) is 5.73 Å². The highest BCUT2D eigenvalue weighted by molar-refractivity contribution is 5.09. The van der Waals surface area contributed by atoms with Crippen LogP contribution in [0.25, 0.3) is 0 Å². The number of nitrogens with two attached hydrogens (primary N) is 1. The van der Waals surface area contributed by atoms with Gasteiger partial charge < -0.3 is 5.73 Å². The van der Waals surface area contributed by atoms with E-state index in [0.29, 0.717) is 0 Å². The first-order valence-electron chi connectivity index (χ1n) is 7.15. The van der Waals surface area contributed by atoms with Crippen molar-refractivity contribution in [2.75, 3.05) is 13.1 Å². The number of nitrogens with zero attached hydrogens (tertiary/aromatic N) is 2. The third-order valence-corrected chi connectivity index (χ3v) is 4.31. The van der Waals surface area contributed by atoms with Gasteiger partial charge in [0.05, 0.1) is 0 Å². The van der Waals surface area contributed by atoms with Gasteiger partial charge in [-0.2, -0.15) is 0 Å². The molecular formula is C15H25N3. The minimum Gasteiger partial charge on any atom is -0.329 e. The predicted octanol–water partition coefficient (Wildman–Crippen LogP) is 2.57. The summed E-state index contributed by atoms with van der Waals surface area (Å²) in [5.74, 6) is 0. The molecule has 2 rings (SSSR count). The molecule has 3 heteroatoms. The van der Waals surface area contributed by atoms with Gasteiger partial charge in [-0.3, -0.25) is 9.88 Å². The summed E-state index contributed by atoms with van der Waals surface area (Å²) in [6.07, 6.45) is 10.3. The summed E-state index contributed by atoms with van der Waals surface area (Å²) in [5, 5.41) is 0.